The van der Waals surface area contributed by atoms with E-state index in [2.05, 4.69) is 0 Å². The second kappa shape index (κ2) is 4.82. The van der Waals surface area contributed by atoms with E-state index < -0.39 is 5.41 Å². The highest BCUT2D eigenvalue weighted by molar-refractivity contribution is 6.08. The van der Waals surface area contributed by atoms with E-state index in [0.717, 1.165) is 28.2 Å². The van der Waals surface area contributed by atoms with E-state index in [-0.39, 0.29) is 17.5 Å². The molecule has 1 aromatic rings. The first-order chi connectivity index (χ1) is 11.1. The topological polar surface area (TPSA) is 52.6 Å². The molecule has 1 aromatic carbocycles. The molecule has 0 saturated heterocycles. The summed E-state index contributed by atoms with van der Waals surface area (Å²) in [7, 11) is 3.26. The van der Waals surface area contributed by atoms with Crippen molar-refractivity contribution in [3.63, 3.8) is 0 Å². The lowest BCUT2D eigenvalue weighted by atomic mass is 9.70. The summed E-state index contributed by atoms with van der Waals surface area (Å²) in [4.78, 5) is 25.1. The summed E-state index contributed by atoms with van der Waals surface area (Å²) in [5, 5.41) is 0. The first kappa shape index (κ1) is 14.2. The van der Waals surface area contributed by atoms with Gasteiger partial charge in [0, 0.05) is 36.2 Å². The quantitative estimate of drug-likeness (QED) is 0.842. The Morgan fingerprint density at radius 3 is 2.57 bits per heavy atom. The third-order valence-corrected chi connectivity index (χ3v) is 5.50. The van der Waals surface area contributed by atoms with Gasteiger partial charge in [-0.2, -0.15) is 0 Å². The van der Waals surface area contributed by atoms with Gasteiger partial charge in [0.2, 0.25) is 0 Å². The van der Waals surface area contributed by atoms with E-state index in [1.165, 1.54) is 0 Å². The number of Topliss-reactive ketones (excluding diaryl/α,β-unsaturated/α-hetero) is 2. The lowest BCUT2D eigenvalue weighted by Crippen LogP contribution is -2.30. The van der Waals surface area contributed by atoms with Crippen LogP contribution in [0.15, 0.2) is 41.7 Å². The third kappa shape index (κ3) is 1.84. The first-order valence-electron chi connectivity index (χ1n) is 7.79. The van der Waals surface area contributed by atoms with Crippen LogP contribution in [-0.4, -0.2) is 25.8 Å². The van der Waals surface area contributed by atoms with Crippen molar-refractivity contribution in [3.05, 3.63) is 52.8 Å². The molecule has 23 heavy (non-hydrogen) atoms. The zero-order valence-electron chi connectivity index (χ0n) is 13.2. The standard InChI is InChI=1S/C19H18O4/c1-22-11-3-5-13-15(7-11)19(9-17(13)20)10-18(21)14-6-4-12(23-2)8-16(14)19/h3-7,16H,8-10H2,1-2H3. The molecule has 118 valence electrons. The zero-order chi connectivity index (χ0) is 16.2. The number of carbonyl (C=O) groups is 2. The minimum atomic E-state index is -0.443. The number of ketones is 2. The van der Waals surface area contributed by atoms with Crippen LogP contribution in [0.3, 0.4) is 0 Å². The SMILES string of the molecule is COC1=CC=C2C(=O)CC3(CC(=O)c4ccc(OC)cc43)C2C1. The molecule has 2 unspecified atom stereocenters. The van der Waals surface area contributed by atoms with Crippen LogP contribution in [-0.2, 0) is 14.9 Å². The highest BCUT2D eigenvalue weighted by atomic mass is 16.5. The maximum atomic E-state index is 12.6. The number of benzene rings is 1. The van der Waals surface area contributed by atoms with E-state index in [9.17, 15) is 9.59 Å². The predicted octanol–water partition coefficient (Wildman–Crippen LogP) is 2.97. The number of hydrogen-bond donors (Lipinski definition) is 0. The Morgan fingerprint density at radius 2 is 1.83 bits per heavy atom. The van der Waals surface area contributed by atoms with Crippen LogP contribution < -0.4 is 4.74 Å². The van der Waals surface area contributed by atoms with Crippen molar-refractivity contribution in [2.45, 2.75) is 24.7 Å². The normalized spacial score (nSPS) is 28.3. The minimum Gasteiger partial charge on any atom is -0.501 e. The Bertz CT molecular complexity index is 787. The highest BCUT2D eigenvalue weighted by Gasteiger charge is 2.57. The van der Waals surface area contributed by atoms with Crippen LogP contribution in [0.4, 0.5) is 0 Å². The maximum Gasteiger partial charge on any atom is 0.164 e. The smallest absolute Gasteiger partial charge is 0.164 e. The fourth-order valence-electron chi connectivity index (χ4n) is 4.37. The van der Waals surface area contributed by atoms with E-state index >= 15 is 0 Å². The molecule has 4 nitrogen and oxygen atoms in total. The third-order valence-electron chi connectivity index (χ3n) is 5.50. The van der Waals surface area contributed by atoms with Gasteiger partial charge in [-0.05, 0) is 35.4 Å². The number of fused-ring (bicyclic) bond motifs is 4. The zero-order valence-corrected chi connectivity index (χ0v) is 13.2. The van der Waals surface area contributed by atoms with Gasteiger partial charge in [0.25, 0.3) is 0 Å². The molecule has 0 aliphatic heterocycles. The Balaban J connectivity index is 1.88. The second-order valence-corrected chi connectivity index (χ2v) is 6.48. The Kier molecular flexibility index (Phi) is 2.98. The molecule has 4 rings (SSSR count). The molecular formula is C19H18O4. The van der Waals surface area contributed by atoms with Crippen LogP contribution in [0.1, 0.15) is 35.2 Å². The molecule has 2 atom stereocenters. The van der Waals surface area contributed by atoms with Gasteiger partial charge in [-0.25, -0.2) is 0 Å². The summed E-state index contributed by atoms with van der Waals surface area (Å²) >= 11 is 0. The van der Waals surface area contributed by atoms with Crippen LogP contribution in [0.25, 0.3) is 0 Å². The van der Waals surface area contributed by atoms with Crippen molar-refractivity contribution in [1.82, 2.24) is 0 Å². The van der Waals surface area contributed by atoms with Gasteiger partial charge in [-0.15, -0.1) is 0 Å². The van der Waals surface area contributed by atoms with Crippen LogP contribution in [0, 0.1) is 5.92 Å². The number of allylic oxidation sites excluding steroid dienone is 4. The molecule has 0 radical (unpaired) electrons. The molecule has 1 spiro atoms. The Labute approximate surface area is 134 Å². The molecule has 0 heterocycles. The van der Waals surface area contributed by atoms with Crippen molar-refractivity contribution >= 4 is 11.6 Å². The summed E-state index contributed by atoms with van der Waals surface area (Å²) in [5.41, 5.74) is 2.07. The maximum absolute atomic E-state index is 12.6. The monoisotopic (exact) mass is 310 g/mol. The molecule has 0 bridgehead atoms. The van der Waals surface area contributed by atoms with E-state index in [4.69, 9.17) is 9.47 Å². The molecule has 3 aliphatic rings. The van der Waals surface area contributed by atoms with Gasteiger partial charge in [0.1, 0.15) is 5.75 Å². The van der Waals surface area contributed by atoms with Gasteiger partial charge >= 0.3 is 0 Å². The summed E-state index contributed by atoms with van der Waals surface area (Å²) in [6.07, 6.45) is 5.18. The van der Waals surface area contributed by atoms with E-state index in [0.29, 0.717) is 19.3 Å². The minimum absolute atomic E-state index is 0.00672. The lowest BCUT2D eigenvalue weighted by Gasteiger charge is -2.33. The van der Waals surface area contributed by atoms with Crippen molar-refractivity contribution in [2.24, 2.45) is 5.92 Å². The van der Waals surface area contributed by atoms with Crippen molar-refractivity contribution in [1.29, 1.82) is 0 Å². The fraction of sp³-hybridized carbons (Fsp3) is 0.368. The van der Waals surface area contributed by atoms with Crippen LogP contribution in [0.5, 0.6) is 5.75 Å². The van der Waals surface area contributed by atoms with Gasteiger partial charge in [-0.3, -0.25) is 9.59 Å². The van der Waals surface area contributed by atoms with Crippen LogP contribution in [0.2, 0.25) is 0 Å². The average Bonchev–Trinajstić information content (AvgIpc) is 3.02. The molecular weight excluding hydrogens is 292 g/mol. The molecule has 0 N–H and O–H groups in total. The number of rotatable bonds is 2. The molecule has 1 fully saturated rings. The Morgan fingerprint density at radius 1 is 1.04 bits per heavy atom. The average molecular weight is 310 g/mol. The summed E-state index contributed by atoms with van der Waals surface area (Å²) in [5.74, 6) is 1.85. The van der Waals surface area contributed by atoms with Gasteiger partial charge in [-0.1, -0.05) is 6.08 Å². The summed E-state index contributed by atoms with van der Waals surface area (Å²) < 4.78 is 10.7. The van der Waals surface area contributed by atoms with Crippen LogP contribution >= 0.6 is 0 Å². The first-order valence-corrected chi connectivity index (χ1v) is 7.79. The number of ether oxygens (including phenoxy) is 2. The van der Waals surface area contributed by atoms with Crippen molar-refractivity contribution in [2.75, 3.05) is 14.2 Å². The summed E-state index contributed by atoms with van der Waals surface area (Å²) in [6.45, 7) is 0. The van der Waals surface area contributed by atoms with Crippen molar-refractivity contribution < 1.29 is 19.1 Å². The molecule has 0 amide bonds. The largest absolute Gasteiger partial charge is 0.501 e. The molecule has 4 heteroatoms. The van der Waals surface area contributed by atoms with Gasteiger partial charge in [0.05, 0.1) is 20.0 Å². The second-order valence-electron chi connectivity index (χ2n) is 6.48. The number of methoxy groups -OCH3 is 2. The summed E-state index contributed by atoms with van der Waals surface area (Å²) in [6, 6.07) is 5.57. The Hall–Kier alpha value is -2.36. The highest BCUT2D eigenvalue weighted by Crippen LogP contribution is 2.57. The van der Waals surface area contributed by atoms with Gasteiger partial charge < -0.3 is 9.47 Å². The predicted molar refractivity (Wildman–Crippen MR) is 84.5 cm³/mol. The number of carbonyl (C=O) groups excluding carboxylic acids is 2. The van der Waals surface area contributed by atoms with Gasteiger partial charge in [0.15, 0.2) is 11.6 Å². The molecule has 3 aliphatic carbocycles. The lowest BCUT2D eigenvalue weighted by molar-refractivity contribution is -0.115. The van der Waals surface area contributed by atoms with Crippen molar-refractivity contribution in [3.8, 4) is 5.75 Å². The molecule has 0 aromatic heterocycles. The molecule has 1 saturated carbocycles. The van der Waals surface area contributed by atoms with E-state index in [1.807, 2.05) is 30.4 Å². The van der Waals surface area contributed by atoms with E-state index in [1.54, 1.807) is 14.2 Å². The fourth-order valence-corrected chi connectivity index (χ4v) is 4.37. The number of hydrogen-bond acceptors (Lipinski definition) is 4.